The van der Waals surface area contributed by atoms with Gasteiger partial charge in [0.05, 0.1) is 0 Å². The monoisotopic (exact) mass is 751 g/mol. The van der Waals surface area contributed by atoms with Crippen LogP contribution in [0.4, 0.5) is 0 Å². The molecule has 1 fully saturated rings. The number of likely N-dealkylation sites (N-methyl/N-ethyl adjacent to an activating group) is 3. The number of cyclic esters (lactones) is 3. The summed E-state index contributed by atoms with van der Waals surface area (Å²) in [5, 5.41) is 9.88. The minimum absolute atomic E-state index is 0.00205. The number of amides is 3. The van der Waals surface area contributed by atoms with Gasteiger partial charge in [-0.25, -0.2) is 14.4 Å². The minimum atomic E-state index is -1.39. The zero-order valence-electron chi connectivity index (χ0n) is 33.3. The van der Waals surface area contributed by atoms with Crippen molar-refractivity contribution in [3.05, 3.63) is 65.7 Å². The van der Waals surface area contributed by atoms with Gasteiger partial charge in [-0.1, -0.05) is 97.9 Å². The Morgan fingerprint density at radius 3 is 1.22 bits per heavy atom. The lowest BCUT2D eigenvalue weighted by Crippen LogP contribution is -2.57. The predicted octanol–water partition coefficient (Wildman–Crippen LogP) is 4.03. The number of carbonyl (C=O) groups excluding carboxylic acids is 6. The summed E-state index contributed by atoms with van der Waals surface area (Å²) in [5.41, 5.74) is 1.28. The van der Waals surface area contributed by atoms with Crippen LogP contribution in [0.5, 0.6) is 5.75 Å². The second kappa shape index (κ2) is 18.9. The fourth-order valence-corrected chi connectivity index (χ4v) is 6.39. The van der Waals surface area contributed by atoms with Crippen LogP contribution in [0.1, 0.15) is 66.5 Å². The number of hydrogen-bond acceptors (Lipinski definition) is 10. The fraction of sp³-hybridized carbons (Fsp3) is 0.561. The summed E-state index contributed by atoms with van der Waals surface area (Å²) in [7, 11) is 4.23. The number of phenolic OH excluding ortho intramolecular Hbond substituents is 1. The van der Waals surface area contributed by atoms with E-state index in [4.69, 9.17) is 14.2 Å². The second-order valence-corrected chi connectivity index (χ2v) is 15.4. The molecule has 2 aromatic rings. The molecule has 1 N–H and O–H groups in total. The van der Waals surface area contributed by atoms with E-state index in [1.54, 1.807) is 91.8 Å². The van der Waals surface area contributed by atoms with E-state index in [9.17, 15) is 33.9 Å². The normalized spacial score (nSPS) is 24.5. The van der Waals surface area contributed by atoms with Crippen LogP contribution < -0.4 is 0 Å². The van der Waals surface area contributed by atoms with Crippen LogP contribution >= 0.6 is 0 Å². The van der Waals surface area contributed by atoms with Crippen molar-refractivity contribution in [3.8, 4) is 5.75 Å². The lowest BCUT2D eigenvalue weighted by molar-refractivity contribution is -0.180. The van der Waals surface area contributed by atoms with Crippen molar-refractivity contribution in [2.45, 2.75) is 105 Å². The Kier molecular flexibility index (Phi) is 15.2. The van der Waals surface area contributed by atoms with Crippen LogP contribution in [0.3, 0.4) is 0 Å². The molecular weight excluding hydrogens is 694 g/mol. The topological polar surface area (TPSA) is 160 Å². The van der Waals surface area contributed by atoms with Gasteiger partial charge < -0.3 is 34.0 Å². The first-order chi connectivity index (χ1) is 25.3. The number of benzene rings is 2. The van der Waals surface area contributed by atoms with E-state index in [-0.39, 0.29) is 18.6 Å². The maximum atomic E-state index is 14.4. The van der Waals surface area contributed by atoms with Crippen LogP contribution in [0, 0.1) is 23.7 Å². The lowest BCUT2D eigenvalue weighted by Gasteiger charge is -2.37. The van der Waals surface area contributed by atoms with E-state index in [1.165, 1.54) is 43.1 Å². The fourth-order valence-electron chi connectivity index (χ4n) is 6.39. The van der Waals surface area contributed by atoms with Crippen molar-refractivity contribution >= 4 is 35.6 Å². The molecule has 1 heterocycles. The van der Waals surface area contributed by atoms with E-state index in [0.717, 1.165) is 4.90 Å². The Morgan fingerprint density at radius 1 is 0.500 bits per heavy atom. The van der Waals surface area contributed by atoms with Crippen LogP contribution in [0.25, 0.3) is 0 Å². The van der Waals surface area contributed by atoms with Gasteiger partial charge in [0.2, 0.25) is 0 Å². The molecular formula is C41H57N3O10. The maximum absolute atomic E-state index is 14.4. The average Bonchev–Trinajstić information content (AvgIpc) is 3.11. The van der Waals surface area contributed by atoms with Gasteiger partial charge in [-0.05, 0) is 46.9 Å². The molecule has 54 heavy (non-hydrogen) atoms. The average molecular weight is 752 g/mol. The molecule has 6 atom stereocenters. The number of ether oxygens (including phenoxy) is 3. The zero-order chi connectivity index (χ0) is 40.6. The van der Waals surface area contributed by atoms with Gasteiger partial charge in [-0.3, -0.25) is 14.4 Å². The summed E-state index contributed by atoms with van der Waals surface area (Å²) in [6.07, 6.45) is -4.15. The van der Waals surface area contributed by atoms with Crippen LogP contribution in [0.15, 0.2) is 54.6 Å². The third-order valence-electron chi connectivity index (χ3n) is 9.73. The first-order valence-electron chi connectivity index (χ1n) is 18.5. The largest absolute Gasteiger partial charge is 0.508 e. The summed E-state index contributed by atoms with van der Waals surface area (Å²) in [6.45, 7) is 13.6. The maximum Gasteiger partial charge on any atom is 0.329 e. The van der Waals surface area contributed by atoms with Gasteiger partial charge >= 0.3 is 17.9 Å². The van der Waals surface area contributed by atoms with E-state index < -0.39 is 95.7 Å². The number of rotatable bonds is 8. The van der Waals surface area contributed by atoms with Crippen molar-refractivity contribution in [1.29, 1.82) is 0 Å². The van der Waals surface area contributed by atoms with E-state index in [0.29, 0.717) is 11.1 Å². The van der Waals surface area contributed by atoms with Gasteiger partial charge in [-0.15, -0.1) is 0 Å². The van der Waals surface area contributed by atoms with Crippen LogP contribution in [-0.2, 0) is 55.8 Å². The molecule has 296 valence electrons. The first kappa shape index (κ1) is 43.5. The number of nitrogens with zero attached hydrogens (tertiary/aromatic N) is 3. The zero-order valence-corrected chi connectivity index (χ0v) is 33.3. The molecule has 13 nitrogen and oxygen atoms in total. The van der Waals surface area contributed by atoms with Gasteiger partial charge in [0.25, 0.3) is 17.7 Å². The van der Waals surface area contributed by atoms with Gasteiger partial charge in [0.1, 0.15) is 23.9 Å². The molecule has 13 heteroatoms. The van der Waals surface area contributed by atoms with Crippen molar-refractivity contribution in [2.75, 3.05) is 21.1 Å². The van der Waals surface area contributed by atoms with Crippen molar-refractivity contribution in [2.24, 2.45) is 23.7 Å². The Morgan fingerprint density at radius 2 is 0.852 bits per heavy atom. The molecule has 0 radical (unpaired) electrons. The Bertz CT molecular complexity index is 1630. The number of hydrogen-bond donors (Lipinski definition) is 1. The number of phenols is 1. The highest BCUT2D eigenvalue weighted by molar-refractivity contribution is 5.94. The van der Waals surface area contributed by atoms with Crippen molar-refractivity contribution < 1.29 is 48.1 Å². The SMILES string of the molecule is CC(C)[C@H]1C(=O)O[C@H](C(C)C)C(=O)N(C)[C@@H](Cc2ccccc2)C(=O)O[C@H](C(C)C)C(=O)N(C)[C@@H](Cc2ccc(O)cc2)C(=O)O[C@H](C(C)C)C(=O)N1C. The third-order valence-corrected chi connectivity index (χ3v) is 9.73. The quantitative estimate of drug-likeness (QED) is 0.308. The molecule has 0 unspecified atom stereocenters. The molecule has 0 aliphatic carbocycles. The highest BCUT2D eigenvalue weighted by atomic mass is 16.6. The van der Waals surface area contributed by atoms with Crippen LogP contribution in [-0.4, -0.2) is 113 Å². The molecule has 0 aromatic heterocycles. The van der Waals surface area contributed by atoms with E-state index in [1.807, 2.05) is 6.07 Å². The summed E-state index contributed by atoms with van der Waals surface area (Å²) < 4.78 is 17.8. The standard InChI is InChI=1S/C41H57N3O10/c1-23(2)32-41(51)54-34(25(5)6)37(47)42(9)30(21-27-15-13-12-14-16-27)39(49)52-33(24(3)4)36(46)43(10)31(22-28-17-19-29(45)20-18-28)40(50)53-35(26(7)8)38(48)44(32)11/h12-20,23-26,30-35,45H,21-22H2,1-11H3/t30-,31-,32-,33+,34+,35+/m0/s1. The summed E-state index contributed by atoms with van der Waals surface area (Å²) in [4.78, 5) is 88.7. The number of carbonyl (C=O) groups is 6. The molecule has 2 aromatic carbocycles. The molecule has 3 rings (SSSR count). The summed E-state index contributed by atoms with van der Waals surface area (Å²) >= 11 is 0. The molecule has 0 saturated carbocycles. The van der Waals surface area contributed by atoms with Crippen molar-refractivity contribution in [1.82, 2.24) is 14.7 Å². The Labute approximate surface area is 318 Å². The highest BCUT2D eigenvalue weighted by Crippen LogP contribution is 2.25. The van der Waals surface area contributed by atoms with E-state index in [2.05, 4.69) is 0 Å². The Balaban J connectivity index is 2.24. The van der Waals surface area contributed by atoms with Gasteiger partial charge in [-0.2, -0.15) is 0 Å². The molecule has 1 aliphatic heterocycles. The summed E-state index contributed by atoms with van der Waals surface area (Å²) in [6, 6.07) is 11.3. The predicted molar refractivity (Wildman–Crippen MR) is 201 cm³/mol. The highest BCUT2D eigenvalue weighted by Gasteiger charge is 2.44. The molecule has 0 bridgehead atoms. The molecule has 3 amide bonds. The number of esters is 3. The van der Waals surface area contributed by atoms with Gasteiger partial charge in [0, 0.05) is 34.0 Å². The summed E-state index contributed by atoms with van der Waals surface area (Å²) in [5.74, 6) is -6.80. The van der Waals surface area contributed by atoms with E-state index >= 15 is 0 Å². The smallest absolute Gasteiger partial charge is 0.329 e. The number of aromatic hydroxyl groups is 1. The molecule has 0 spiro atoms. The molecule has 1 aliphatic rings. The van der Waals surface area contributed by atoms with Gasteiger partial charge in [0.15, 0.2) is 18.3 Å². The first-order valence-corrected chi connectivity index (χ1v) is 18.5. The third kappa shape index (κ3) is 10.6. The molecule has 1 saturated heterocycles. The van der Waals surface area contributed by atoms with Crippen molar-refractivity contribution in [3.63, 3.8) is 0 Å². The minimum Gasteiger partial charge on any atom is -0.508 e. The van der Waals surface area contributed by atoms with Crippen LogP contribution in [0.2, 0.25) is 0 Å². The second-order valence-electron chi connectivity index (χ2n) is 15.4. The lowest BCUT2D eigenvalue weighted by atomic mass is 9.98. The Hall–Kier alpha value is -4.94.